The molecule has 0 rings (SSSR count). The number of nitrogens with one attached hydrogen (secondary N) is 1. The van der Waals surface area contributed by atoms with Gasteiger partial charge in [-0.25, -0.2) is 4.79 Å². The van der Waals surface area contributed by atoms with E-state index in [0.29, 0.717) is 19.7 Å². The Labute approximate surface area is 150 Å². The molecule has 0 aliphatic heterocycles. The number of carboxylic acids is 1. The maximum Gasteiger partial charge on any atom is 0.326 e. The summed E-state index contributed by atoms with van der Waals surface area (Å²) in [6.07, 6.45) is 13.8. The molecule has 4 heteroatoms. The Hall–Kier alpha value is -1.06. The average molecular weight is 343 g/mol. The van der Waals surface area contributed by atoms with Crippen molar-refractivity contribution in [3.8, 4) is 0 Å². The van der Waals surface area contributed by atoms with E-state index < -0.39 is 12.0 Å². The van der Waals surface area contributed by atoms with Crippen LogP contribution in [0.2, 0.25) is 0 Å². The van der Waals surface area contributed by atoms with Crippen molar-refractivity contribution in [3.05, 3.63) is 0 Å². The first kappa shape index (κ1) is 21.0. The summed E-state index contributed by atoms with van der Waals surface area (Å²) in [5.74, 6) is -0.832. The molecule has 1 amide bonds. The van der Waals surface area contributed by atoms with Crippen LogP contribution < -0.4 is 5.32 Å². The molecule has 0 aromatic carbocycles. The molecule has 0 saturated heterocycles. The first-order valence-electron chi connectivity index (χ1n) is 10.5. The number of carbonyl (C=O) groups is 2. The summed E-state index contributed by atoms with van der Waals surface area (Å²) >= 11 is 0. The zero-order chi connectivity index (χ0) is 18.9. The largest absolute Gasteiger partial charge is 0.480 e. The van der Waals surface area contributed by atoms with Crippen LogP contribution >= 0.6 is 0 Å². The normalized spacial score (nSPS) is 12.9. The molecule has 0 aromatic rings. The van der Waals surface area contributed by atoms with E-state index in [9.17, 15) is 9.59 Å². The van der Waals surface area contributed by atoms with Gasteiger partial charge in [0.05, 0.1) is 0 Å². The van der Waals surface area contributed by atoms with Gasteiger partial charge in [-0.2, -0.15) is 0 Å². The van der Waals surface area contributed by atoms with E-state index in [2.05, 4.69) is 5.32 Å². The molecule has 4 nitrogen and oxygen atoms in total. The second-order valence-electron chi connectivity index (χ2n) is 7.23. The monoisotopic (exact) mass is 342 g/mol. The van der Waals surface area contributed by atoms with Crippen LogP contribution in [0.4, 0.5) is 0 Å². The lowest BCUT2D eigenvalue weighted by Crippen LogP contribution is -2.41. The maximum atomic E-state index is 11.8. The number of hydrogen-bond acceptors (Lipinski definition) is 2. The molecule has 0 aliphatic rings. The summed E-state index contributed by atoms with van der Waals surface area (Å²) in [5.41, 5.74) is 0. The number of aliphatic carboxylic acids is 1. The van der Waals surface area contributed by atoms with Crippen LogP contribution in [-0.2, 0) is 9.59 Å². The fourth-order valence-electron chi connectivity index (χ4n) is 2.84. The Morgan fingerprint density at radius 1 is 0.917 bits per heavy atom. The van der Waals surface area contributed by atoms with E-state index in [0.717, 1.165) is 25.7 Å². The van der Waals surface area contributed by atoms with Crippen LogP contribution in [0.25, 0.3) is 0 Å². The Morgan fingerprint density at radius 3 is 1.88 bits per heavy atom. The van der Waals surface area contributed by atoms with Crippen molar-refractivity contribution < 1.29 is 16.1 Å². The third kappa shape index (κ3) is 14.5. The summed E-state index contributed by atoms with van der Waals surface area (Å²) in [6.45, 7) is 4.48. The molecular formula is C20H39NO3. The predicted molar refractivity (Wildman–Crippen MR) is 100 cm³/mol. The molecule has 0 aliphatic carbocycles. The Kier molecular flexibility index (Phi) is 13.5. The minimum atomic E-state index is -0.943. The molecule has 1 atom stereocenters. The van der Waals surface area contributed by atoms with E-state index in [-0.39, 0.29) is 11.8 Å². The van der Waals surface area contributed by atoms with E-state index in [4.69, 9.17) is 6.48 Å². The quantitative estimate of drug-likeness (QED) is 0.374. The van der Waals surface area contributed by atoms with Crippen LogP contribution in [-0.4, -0.2) is 23.0 Å². The number of amides is 1. The predicted octanol–water partition coefficient (Wildman–Crippen LogP) is 5.30. The standard InChI is InChI=1S/C20H39NO3/c1-4-5-6-7-8-9-10-11-12-13-14-15-19(22)21-18(20(23)24)16-17(2)3/h17-18H,4-16H2,1-3H3,(H,21,22)(H,23,24)/t18-/m0/s1/i1D. The molecule has 0 radical (unpaired) electrons. The van der Waals surface area contributed by atoms with Gasteiger partial charge in [-0.3, -0.25) is 4.79 Å². The van der Waals surface area contributed by atoms with E-state index in [1.54, 1.807) is 0 Å². The molecule has 0 bridgehead atoms. The van der Waals surface area contributed by atoms with Gasteiger partial charge in [-0.1, -0.05) is 85.0 Å². The molecule has 2 N–H and O–H groups in total. The van der Waals surface area contributed by atoms with Crippen molar-refractivity contribution in [3.63, 3.8) is 0 Å². The average Bonchev–Trinajstić information content (AvgIpc) is 2.54. The molecule has 0 heterocycles. The minimum absolute atomic E-state index is 0.138. The number of carboxylic acid groups (broad SMARTS) is 1. The highest BCUT2D eigenvalue weighted by Crippen LogP contribution is 2.12. The number of unbranched alkanes of at least 4 members (excludes halogenated alkanes) is 10. The maximum absolute atomic E-state index is 11.8. The van der Waals surface area contributed by atoms with Gasteiger partial charge in [-0.15, -0.1) is 0 Å². The SMILES string of the molecule is [2H]CCCCCCCCCCCCCC(=O)N[C@@H](CC(C)C)C(=O)O. The van der Waals surface area contributed by atoms with Gasteiger partial charge < -0.3 is 10.4 Å². The van der Waals surface area contributed by atoms with Gasteiger partial charge in [0, 0.05) is 7.79 Å². The van der Waals surface area contributed by atoms with Crippen LogP contribution in [0.15, 0.2) is 0 Å². The van der Waals surface area contributed by atoms with Gasteiger partial charge in [0.15, 0.2) is 0 Å². The van der Waals surface area contributed by atoms with E-state index in [1.807, 2.05) is 13.8 Å². The Morgan fingerprint density at radius 2 is 1.42 bits per heavy atom. The van der Waals surface area contributed by atoms with Crippen molar-refractivity contribution in [2.45, 2.75) is 110 Å². The molecule has 0 aromatic heterocycles. The lowest BCUT2D eigenvalue weighted by molar-refractivity contribution is -0.142. The molecule has 0 unspecified atom stereocenters. The zero-order valence-corrected chi connectivity index (χ0v) is 15.8. The first-order chi connectivity index (χ1) is 12.0. The van der Waals surface area contributed by atoms with Crippen LogP contribution in [0, 0.1) is 5.92 Å². The highest BCUT2D eigenvalue weighted by molar-refractivity contribution is 5.83. The van der Waals surface area contributed by atoms with Crippen molar-refractivity contribution in [1.82, 2.24) is 5.32 Å². The second kappa shape index (κ2) is 15.5. The van der Waals surface area contributed by atoms with Crippen LogP contribution in [0.1, 0.15) is 106 Å². The van der Waals surface area contributed by atoms with Gasteiger partial charge in [0.1, 0.15) is 6.04 Å². The fraction of sp³-hybridized carbons (Fsp3) is 0.900. The third-order valence-electron chi connectivity index (χ3n) is 4.24. The van der Waals surface area contributed by atoms with E-state index >= 15 is 0 Å². The fourth-order valence-corrected chi connectivity index (χ4v) is 2.84. The highest BCUT2D eigenvalue weighted by atomic mass is 16.4. The van der Waals surface area contributed by atoms with Crippen molar-refractivity contribution in [2.24, 2.45) is 5.92 Å². The molecule has 142 valence electrons. The summed E-state index contributed by atoms with van der Waals surface area (Å²) in [5, 5.41) is 11.8. The smallest absolute Gasteiger partial charge is 0.326 e. The number of carbonyl (C=O) groups excluding carboxylic acids is 1. The summed E-state index contributed by atoms with van der Waals surface area (Å²) in [6, 6.07) is -0.756. The van der Waals surface area contributed by atoms with Crippen LogP contribution in [0.3, 0.4) is 0 Å². The van der Waals surface area contributed by atoms with Gasteiger partial charge in [0.25, 0.3) is 0 Å². The molecular weight excluding hydrogens is 302 g/mol. The molecule has 0 saturated carbocycles. The summed E-state index contributed by atoms with van der Waals surface area (Å²) in [4.78, 5) is 23.0. The lowest BCUT2D eigenvalue weighted by atomic mass is 10.0. The lowest BCUT2D eigenvalue weighted by Gasteiger charge is -2.16. The summed E-state index contributed by atoms with van der Waals surface area (Å²) in [7, 11) is 0. The van der Waals surface area contributed by atoms with Gasteiger partial charge in [-0.05, 0) is 18.8 Å². The molecule has 0 fully saturated rings. The summed E-state index contributed by atoms with van der Waals surface area (Å²) < 4.78 is 7.08. The van der Waals surface area contributed by atoms with E-state index in [1.165, 1.54) is 44.9 Å². The Balaban J connectivity index is 3.49. The number of hydrogen-bond donors (Lipinski definition) is 2. The highest BCUT2D eigenvalue weighted by Gasteiger charge is 2.20. The second-order valence-corrected chi connectivity index (χ2v) is 7.23. The molecule has 24 heavy (non-hydrogen) atoms. The third-order valence-corrected chi connectivity index (χ3v) is 4.24. The molecule has 0 spiro atoms. The topological polar surface area (TPSA) is 66.4 Å². The van der Waals surface area contributed by atoms with Crippen molar-refractivity contribution in [2.75, 3.05) is 0 Å². The number of rotatable bonds is 16. The van der Waals surface area contributed by atoms with Gasteiger partial charge in [0.2, 0.25) is 5.91 Å². The van der Waals surface area contributed by atoms with Crippen molar-refractivity contribution in [1.29, 1.82) is 0 Å². The van der Waals surface area contributed by atoms with Gasteiger partial charge >= 0.3 is 5.97 Å². The van der Waals surface area contributed by atoms with Crippen LogP contribution in [0.5, 0.6) is 0 Å². The zero-order valence-electron chi connectivity index (χ0n) is 16.8. The first-order valence-corrected chi connectivity index (χ1v) is 9.78. The Bertz CT molecular complexity index is 348. The minimum Gasteiger partial charge on any atom is -0.480 e. The van der Waals surface area contributed by atoms with Crippen molar-refractivity contribution >= 4 is 11.9 Å².